The van der Waals surface area contributed by atoms with Gasteiger partial charge in [0.25, 0.3) is 0 Å². The van der Waals surface area contributed by atoms with Crippen LogP contribution in [0.15, 0.2) is 36.5 Å². The summed E-state index contributed by atoms with van der Waals surface area (Å²) in [5.74, 6) is 1.22. The predicted molar refractivity (Wildman–Crippen MR) is 78.1 cm³/mol. The number of hydrogen-bond acceptors (Lipinski definition) is 3. The number of aromatic nitrogens is 4. The lowest BCUT2D eigenvalue weighted by molar-refractivity contribution is 0.746. The molecule has 0 aliphatic heterocycles. The van der Waals surface area contributed by atoms with E-state index in [-0.39, 0.29) is 0 Å². The van der Waals surface area contributed by atoms with Crippen LogP contribution in [0.3, 0.4) is 0 Å². The second kappa shape index (κ2) is 4.59. The molecule has 2 heterocycles. The third-order valence-electron chi connectivity index (χ3n) is 3.08. The Morgan fingerprint density at radius 1 is 1.21 bits per heavy atom. The lowest BCUT2D eigenvalue weighted by Gasteiger charge is -2.11. The van der Waals surface area contributed by atoms with Gasteiger partial charge in [0.1, 0.15) is 5.82 Å². The lowest BCUT2D eigenvalue weighted by atomic mass is 10.1. The molecule has 19 heavy (non-hydrogen) atoms. The first-order valence-electron chi connectivity index (χ1n) is 6.20. The first-order valence-corrected chi connectivity index (χ1v) is 6.60. The van der Waals surface area contributed by atoms with Crippen molar-refractivity contribution in [2.45, 2.75) is 19.8 Å². The van der Waals surface area contributed by atoms with E-state index in [2.05, 4.69) is 35.1 Å². The molecule has 0 unspecified atom stereocenters. The molecule has 2 aromatic heterocycles. The van der Waals surface area contributed by atoms with Crippen molar-refractivity contribution in [3.8, 4) is 5.69 Å². The van der Waals surface area contributed by atoms with Crippen LogP contribution in [0.4, 0.5) is 0 Å². The fraction of sp³-hybridized carbons (Fsp3) is 0.214. The number of hydrogen-bond donors (Lipinski definition) is 1. The second-order valence-electron chi connectivity index (χ2n) is 4.72. The molecule has 0 fully saturated rings. The van der Waals surface area contributed by atoms with Gasteiger partial charge in [0, 0.05) is 17.5 Å². The molecule has 0 saturated heterocycles. The van der Waals surface area contributed by atoms with E-state index in [1.807, 2.05) is 28.8 Å². The summed E-state index contributed by atoms with van der Waals surface area (Å²) in [6.45, 7) is 4.20. The van der Waals surface area contributed by atoms with Gasteiger partial charge in [0.05, 0.1) is 11.2 Å². The maximum absolute atomic E-state index is 5.36. The van der Waals surface area contributed by atoms with Crippen LogP contribution in [0, 0.1) is 4.77 Å². The van der Waals surface area contributed by atoms with E-state index >= 15 is 0 Å². The van der Waals surface area contributed by atoms with Gasteiger partial charge in [0.2, 0.25) is 0 Å². The molecule has 0 spiro atoms. The monoisotopic (exact) mass is 270 g/mol. The zero-order valence-electron chi connectivity index (χ0n) is 10.8. The van der Waals surface area contributed by atoms with Crippen molar-refractivity contribution in [2.75, 3.05) is 0 Å². The number of pyridine rings is 1. The summed E-state index contributed by atoms with van der Waals surface area (Å²) in [6.07, 6.45) is 1.80. The second-order valence-corrected chi connectivity index (χ2v) is 5.11. The van der Waals surface area contributed by atoms with Crippen LogP contribution in [0.5, 0.6) is 0 Å². The Hall–Kier alpha value is -2.01. The van der Waals surface area contributed by atoms with Gasteiger partial charge in [-0.25, -0.2) is 0 Å². The maximum atomic E-state index is 5.36. The van der Waals surface area contributed by atoms with Gasteiger partial charge in [-0.3, -0.25) is 14.6 Å². The van der Waals surface area contributed by atoms with Gasteiger partial charge >= 0.3 is 0 Å². The van der Waals surface area contributed by atoms with Crippen LogP contribution in [-0.2, 0) is 0 Å². The van der Waals surface area contributed by atoms with Crippen molar-refractivity contribution < 1.29 is 0 Å². The third kappa shape index (κ3) is 1.96. The number of rotatable bonds is 2. The Kier molecular flexibility index (Phi) is 2.91. The van der Waals surface area contributed by atoms with Crippen molar-refractivity contribution in [1.82, 2.24) is 19.7 Å². The van der Waals surface area contributed by atoms with E-state index < -0.39 is 0 Å². The van der Waals surface area contributed by atoms with E-state index in [9.17, 15) is 0 Å². The van der Waals surface area contributed by atoms with Crippen molar-refractivity contribution in [1.29, 1.82) is 0 Å². The standard InChI is InChI=1S/C14H14N4S/c1-9(2)13-16-17-14(19)18(13)12-7-3-6-11-10(12)5-4-8-15-11/h3-9H,1-2H3,(H,17,19). The average Bonchev–Trinajstić information content (AvgIpc) is 2.80. The largest absolute Gasteiger partial charge is 0.271 e. The van der Waals surface area contributed by atoms with Gasteiger partial charge < -0.3 is 0 Å². The molecule has 5 heteroatoms. The fourth-order valence-electron chi connectivity index (χ4n) is 2.21. The molecule has 0 atom stereocenters. The highest BCUT2D eigenvalue weighted by Gasteiger charge is 2.13. The van der Waals surface area contributed by atoms with E-state index in [0.717, 1.165) is 22.4 Å². The first-order chi connectivity index (χ1) is 9.18. The van der Waals surface area contributed by atoms with E-state index in [0.29, 0.717) is 10.7 Å². The minimum atomic E-state index is 0.292. The number of nitrogens with one attached hydrogen (secondary N) is 1. The van der Waals surface area contributed by atoms with Crippen molar-refractivity contribution in [3.05, 3.63) is 47.1 Å². The summed E-state index contributed by atoms with van der Waals surface area (Å²) in [6, 6.07) is 10.0. The van der Waals surface area contributed by atoms with Crippen LogP contribution in [-0.4, -0.2) is 19.7 Å². The Morgan fingerprint density at radius 3 is 2.84 bits per heavy atom. The minimum absolute atomic E-state index is 0.292. The summed E-state index contributed by atoms with van der Waals surface area (Å²) in [5.41, 5.74) is 1.98. The lowest BCUT2D eigenvalue weighted by Crippen LogP contribution is -2.04. The Balaban J connectivity index is 2.37. The van der Waals surface area contributed by atoms with Gasteiger partial charge in [-0.2, -0.15) is 5.10 Å². The topological polar surface area (TPSA) is 46.5 Å². The highest BCUT2D eigenvalue weighted by molar-refractivity contribution is 7.71. The average molecular weight is 270 g/mol. The quantitative estimate of drug-likeness (QED) is 0.724. The van der Waals surface area contributed by atoms with Gasteiger partial charge in [-0.1, -0.05) is 19.9 Å². The van der Waals surface area contributed by atoms with Gasteiger partial charge in [-0.15, -0.1) is 0 Å². The fourth-order valence-corrected chi connectivity index (χ4v) is 2.45. The van der Waals surface area contributed by atoms with E-state index in [1.54, 1.807) is 6.20 Å². The molecule has 3 rings (SSSR count). The van der Waals surface area contributed by atoms with Crippen LogP contribution >= 0.6 is 12.2 Å². The Labute approximate surface area is 116 Å². The molecular formula is C14H14N4S. The highest BCUT2D eigenvalue weighted by Crippen LogP contribution is 2.24. The number of benzene rings is 1. The highest BCUT2D eigenvalue weighted by atomic mass is 32.1. The zero-order valence-corrected chi connectivity index (χ0v) is 11.6. The summed E-state index contributed by atoms with van der Waals surface area (Å²) < 4.78 is 2.60. The Morgan fingerprint density at radius 2 is 2.05 bits per heavy atom. The molecular weight excluding hydrogens is 256 g/mol. The number of fused-ring (bicyclic) bond motifs is 1. The molecule has 0 radical (unpaired) electrons. The van der Waals surface area contributed by atoms with Crippen LogP contribution < -0.4 is 0 Å². The smallest absolute Gasteiger partial charge is 0.199 e. The molecule has 96 valence electrons. The van der Waals surface area contributed by atoms with Crippen LogP contribution in [0.25, 0.3) is 16.6 Å². The first kappa shape index (κ1) is 12.0. The molecule has 0 aliphatic rings. The minimum Gasteiger partial charge on any atom is -0.271 e. The van der Waals surface area contributed by atoms with Crippen molar-refractivity contribution in [3.63, 3.8) is 0 Å². The Bertz CT molecular complexity index is 780. The molecule has 0 saturated carbocycles. The molecule has 0 amide bonds. The SMILES string of the molecule is CC(C)c1n[nH]c(=S)n1-c1cccc2ncccc12. The van der Waals surface area contributed by atoms with Gasteiger partial charge in [0.15, 0.2) is 4.77 Å². The molecule has 0 bridgehead atoms. The summed E-state index contributed by atoms with van der Waals surface area (Å²) in [4.78, 5) is 4.38. The zero-order chi connectivity index (χ0) is 13.4. The number of H-pyrrole nitrogens is 1. The third-order valence-corrected chi connectivity index (χ3v) is 3.35. The number of aromatic amines is 1. The molecule has 0 aliphatic carbocycles. The summed E-state index contributed by atoms with van der Waals surface area (Å²) >= 11 is 5.36. The molecule has 3 aromatic rings. The normalized spacial score (nSPS) is 11.3. The van der Waals surface area contributed by atoms with Gasteiger partial charge in [-0.05, 0) is 36.5 Å². The van der Waals surface area contributed by atoms with Crippen LogP contribution in [0.1, 0.15) is 25.6 Å². The van der Waals surface area contributed by atoms with Crippen molar-refractivity contribution in [2.24, 2.45) is 0 Å². The maximum Gasteiger partial charge on any atom is 0.199 e. The van der Waals surface area contributed by atoms with E-state index in [4.69, 9.17) is 12.2 Å². The predicted octanol–water partition coefficient (Wildman–Crippen LogP) is 3.60. The summed E-state index contributed by atoms with van der Waals surface area (Å²) in [5, 5.41) is 8.27. The molecule has 1 N–H and O–H groups in total. The van der Waals surface area contributed by atoms with Crippen LogP contribution in [0.2, 0.25) is 0 Å². The molecule has 1 aromatic carbocycles. The summed E-state index contributed by atoms with van der Waals surface area (Å²) in [7, 11) is 0. The number of nitrogens with zero attached hydrogens (tertiary/aromatic N) is 3. The molecule has 4 nitrogen and oxygen atoms in total. The van der Waals surface area contributed by atoms with Crippen molar-refractivity contribution >= 4 is 23.1 Å². The van der Waals surface area contributed by atoms with E-state index in [1.165, 1.54) is 0 Å².